The maximum Gasteiger partial charge on any atom is 0.0465 e. The molecule has 1 N–H and O–H groups in total. The highest BCUT2D eigenvalue weighted by molar-refractivity contribution is 4.97. The zero-order chi connectivity index (χ0) is 10.2. The van der Waals surface area contributed by atoms with Gasteiger partial charge >= 0.3 is 0 Å². The summed E-state index contributed by atoms with van der Waals surface area (Å²) in [5.74, 6) is 0. The van der Waals surface area contributed by atoms with E-state index in [-0.39, 0.29) is 0 Å². The number of nitrogens with zero attached hydrogens (tertiary/aromatic N) is 1. The van der Waals surface area contributed by atoms with E-state index in [4.69, 9.17) is 4.74 Å². The van der Waals surface area contributed by atoms with Gasteiger partial charge in [-0.05, 0) is 12.8 Å². The summed E-state index contributed by atoms with van der Waals surface area (Å²) in [7, 11) is 1.75. The highest BCUT2D eigenvalue weighted by Gasteiger charge is 2.09. The first-order valence-corrected chi connectivity index (χ1v) is 5.41. The molecule has 0 aromatic rings. The van der Waals surface area contributed by atoms with Gasteiger partial charge in [0.05, 0.1) is 0 Å². The average Bonchev–Trinajstić information content (AvgIpc) is 2.20. The summed E-state index contributed by atoms with van der Waals surface area (Å²) in [5, 5.41) is 3.35. The van der Waals surface area contributed by atoms with Crippen molar-refractivity contribution in [2.45, 2.75) is 12.8 Å². The van der Waals surface area contributed by atoms with E-state index in [1.54, 1.807) is 7.11 Å². The third-order valence-electron chi connectivity index (χ3n) is 2.54. The molecule has 1 rings (SSSR count). The van der Waals surface area contributed by atoms with E-state index in [9.17, 15) is 0 Å². The van der Waals surface area contributed by atoms with Gasteiger partial charge in [0.2, 0.25) is 0 Å². The molecule has 3 heteroatoms. The Hall–Kier alpha value is -0.380. The van der Waals surface area contributed by atoms with Gasteiger partial charge in [0.25, 0.3) is 0 Å². The second-order valence-corrected chi connectivity index (χ2v) is 3.87. The van der Waals surface area contributed by atoms with Crippen LogP contribution in [0.25, 0.3) is 0 Å². The van der Waals surface area contributed by atoms with Gasteiger partial charge in [-0.25, -0.2) is 0 Å². The fourth-order valence-corrected chi connectivity index (χ4v) is 1.73. The fraction of sp³-hybridized carbons (Fsp3) is 0.818. The number of nitrogens with one attached hydrogen (secondary N) is 1. The van der Waals surface area contributed by atoms with Crippen molar-refractivity contribution in [1.29, 1.82) is 0 Å². The fourth-order valence-electron chi connectivity index (χ4n) is 1.73. The monoisotopic (exact) mass is 198 g/mol. The molecular formula is C11H22N2O. The van der Waals surface area contributed by atoms with Crippen LogP contribution in [-0.2, 0) is 4.74 Å². The molecule has 0 aliphatic carbocycles. The van der Waals surface area contributed by atoms with Gasteiger partial charge in [0.15, 0.2) is 0 Å². The van der Waals surface area contributed by atoms with Crippen LogP contribution in [0.5, 0.6) is 0 Å². The number of ether oxygens (including phenoxy) is 1. The highest BCUT2D eigenvalue weighted by atomic mass is 16.5. The molecule has 0 saturated carbocycles. The largest absolute Gasteiger partial charge is 0.385 e. The van der Waals surface area contributed by atoms with Gasteiger partial charge in [-0.1, -0.05) is 12.2 Å². The molecule has 0 unspecified atom stereocenters. The molecule has 0 atom stereocenters. The molecule has 0 aromatic heterocycles. The van der Waals surface area contributed by atoms with Gasteiger partial charge in [-0.2, -0.15) is 0 Å². The maximum atomic E-state index is 5.02. The third-order valence-corrected chi connectivity index (χ3v) is 2.54. The van der Waals surface area contributed by atoms with Crippen LogP contribution in [0.4, 0.5) is 0 Å². The first-order valence-electron chi connectivity index (χ1n) is 5.41. The second-order valence-electron chi connectivity index (χ2n) is 3.87. The molecular weight excluding hydrogens is 176 g/mol. The van der Waals surface area contributed by atoms with Crippen molar-refractivity contribution >= 4 is 0 Å². The van der Waals surface area contributed by atoms with Crippen molar-refractivity contribution < 1.29 is 4.74 Å². The normalized spacial score (nSPS) is 18.4. The van der Waals surface area contributed by atoms with Crippen LogP contribution in [0, 0.1) is 0 Å². The van der Waals surface area contributed by atoms with E-state index < -0.39 is 0 Å². The molecule has 0 amide bonds. The molecule has 1 saturated heterocycles. The summed E-state index contributed by atoms with van der Waals surface area (Å²) in [6.45, 7) is 10.6. The SMILES string of the molecule is C=C(CCCOC)CN1CCNCC1. The predicted molar refractivity (Wildman–Crippen MR) is 59.6 cm³/mol. The minimum absolute atomic E-state index is 0.848. The van der Waals surface area contributed by atoms with Crippen molar-refractivity contribution in [2.24, 2.45) is 0 Å². The predicted octanol–water partition coefficient (Wildman–Crippen LogP) is 0.874. The Bertz CT molecular complexity index is 165. The third kappa shape index (κ3) is 4.74. The quantitative estimate of drug-likeness (QED) is 0.506. The Kier molecular flexibility index (Phi) is 5.83. The Morgan fingerprint density at radius 1 is 1.43 bits per heavy atom. The number of hydrogen-bond donors (Lipinski definition) is 1. The number of piperazine rings is 1. The van der Waals surface area contributed by atoms with Crippen LogP contribution in [0.2, 0.25) is 0 Å². The van der Waals surface area contributed by atoms with Gasteiger partial charge in [0.1, 0.15) is 0 Å². The van der Waals surface area contributed by atoms with Crippen molar-refractivity contribution in [3.8, 4) is 0 Å². The molecule has 3 nitrogen and oxygen atoms in total. The maximum absolute atomic E-state index is 5.02. The minimum atomic E-state index is 0.848. The average molecular weight is 198 g/mol. The lowest BCUT2D eigenvalue weighted by molar-refractivity contribution is 0.193. The van der Waals surface area contributed by atoms with Gasteiger partial charge in [0, 0.05) is 46.4 Å². The topological polar surface area (TPSA) is 24.5 Å². The smallest absolute Gasteiger partial charge is 0.0465 e. The van der Waals surface area contributed by atoms with Crippen LogP contribution in [0.15, 0.2) is 12.2 Å². The molecule has 0 bridgehead atoms. The first kappa shape index (κ1) is 11.7. The molecule has 0 radical (unpaired) electrons. The Labute approximate surface area is 87.1 Å². The van der Waals surface area contributed by atoms with E-state index in [1.807, 2.05) is 0 Å². The van der Waals surface area contributed by atoms with Crippen LogP contribution < -0.4 is 5.32 Å². The van der Waals surface area contributed by atoms with Crippen molar-refractivity contribution in [3.63, 3.8) is 0 Å². The van der Waals surface area contributed by atoms with Crippen molar-refractivity contribution in [1.82, 2.24) is 10.2 Å². The molecule has 0 aromatic carbocycles. The molecule has 0 spiro atoms. The van der Waals surface area contributed by atoms with Gasteiger partial charge < -0.3 is 10.1 Å². The summed E-state index contributed by atoms with van der Waals surface area (Å²) < 4.78 is 5.02. The number of methoxy groups -OCH3 is 1. The zero-order valence-corrected chi connectivity index (χ0v) is 9.22. The first-order chi connectivity index (χ1) is 6.83. The van der Waals surface area contributed by atoms with Crippen LogP contribution in [0.3, 0.4) is 0 Å². The van der Waals surface area contributed by atoms with Gasteiger partial charge in [-0.3, -0.25) is 4.90 Å². The molecule has 1 fully saturated rings. The molecule has 1 heterocycles. The summed E-state index contributed by atoms with van der Waals surface area (Å²) in [4.78, 5) is 2.46. The molecule has 1 aliphatic heterocycles. The van der Waals surface area contributed by atoms with E-state index in [2.05, 4.69) is 16.8 Å². The van der Waals surface area contributed by atoms with Crippen LogP contribution in [0.1, 0.15) is 12.8 Å². The lowest BCUT2D eigenvalue weighted by atomic mass is 10.1. The van der Waals surface area contributed by atoms with E-state index in [0.717, 1.165) is 52.2 Å². The lowest BCUT2D eigenvalue weighted by Gasteiger charge is -2.27. The number of hydrogen-bond acceptors (Lipinski definition) is 3. The summed E-state index contributed by atoms with van der Waals surface area (Å²) in [5.41, 5.74) is 1.34. The highest BCUT2D eigenvalue weighted by Crippen LogP contribution is 2.05. The minimum Gasteiger partial charge on any atom is -0.385 e. The van der Waals surface area contributed by atoms with E-state index >= 15 is 0 Å². The Balaban J connectivity index is 2.06. The van der Waals surface area contributed by atoms with Crippen LogP contribution >= 0.6 is 0 Å². The summed E-state index contributed by atoms with van der Waals surface area (Å²) in [6.07, 6.45) is 2.19. The van der Waals surface area contributed by atoms with E-state index in [0.29, 0.717) is 0 Å². The van der Waals surface area contributed by atoms with Gasteiger partial charge in [-0.15, -0.1) is 0 Å². The lowest BCUT2D eigenvalue weighted by Crippen LogP contribution is -2.44. The zero-order valence-electron chi connectivity index (χ0n) is 9.22. The van der Waals surface area contributed by atoms with Crippen molar-refractivity contribution in [2.75, 3.05) is 46.4 Å². The summed E-state index contributed by atoms with van der Waals surface area (Å²) >= 11 is 0. The number of rotatable bonds is 6. The Morgan fingerprint density at radius 3 is 2.79 bits per heavy atom. The van der Waals surface area contributed by atoms with Crippen LogP contribution in [-0.4, -0.2) is 51.3 Å². The Morgan fingerprint density at radius 2 is 2.14 bits per heavy atom. The summed E-state index contributed by atoms with van der Waals surface area (Å²) in [6, 6.07) is 0. The van der Waals surface area contributed by atoms with Crippen molar-refractivity contribution in [3.05, 3.63) is 12.2 Å². The molecule has 82 valence electrons. The molecule has 14 heavy (non-hydrogen) atoms. The standard InChI is InChI=1S/C11H22N2O/c1-11(4-3-9-14-2)10-13-7-5-12-6-8-13/h12H,1,3-10H2,2H3. The van der Waals surface area contributed by atoms with E-state index in [1.165, 1.54) is 5.57 Å². The second kappa shape index (κ2) is 6.98. The molecule has 1 aliphatic rings.